The van der Waals surface area contributed by atoms with Gasteiger partial charge in [-0.2, -0.15) is 4.98 Å². The van der Waals surface area contributed by atoms with Crippen molar-refractivity contribution in [3.8, 4) is 12.3 Å². The zero-order valence-electron chi connectivity index (χ0n) is 15.9. The van der Waals surface area contributed by atoms with Crippen molar-refractivity contribution in [1.29, 1.82) is 0 Å². The summed E-state index contributed by atoms with van der Waals surface area (Å²) in [6, 6.07) is 11.4. The Kier molecular flexibility index (Phi) is 4.17. The van der Waals surface area contributed by atoms with Gasteiger partial charge in [0.2, 0.25) is 0 Å². The molecule has 0 N–H and O–H groups in total. The van der Waals surface area contributed by atoms with Gasteiger partial charge in [-0.25, -0.2) is 0 Å². The maximum atomic E-state index is 5.65. The van der Waals surface area contributed by atoms with Crippen molar-refractivity contribution in [2.24, 2.45) is 9.98 Å². The van der Waals surface area contributed by atoms with Crippen molar-refractivity contribution in [1.82, 2.24) is 15.1 Å². The second-order valence-corrected chi connectivity index (χ2v) is 6.87. The second kappa shape index (κ2) is 6.99. The van der Waals surface area contributed by atoms with E-state index in [9.17, 15) is 0 Å². The monoisotopic (exact) mass is 382 g/mol. The van der Waals surface area contributed by atoms with Crippen LogP contribution in [0.15, 0.2) is 57.1 Å². The number of anilines is 1. The Hall–Kier alpha value is -3.79. The van der Waals surface area contributed by atoms with E-state index in [0.29, 0.717) is 24.7 Å². The van der Waals surface area contributed by atoms with Crippen LogP contribution in [0.2, 0.25) is 0 Å². The van der Waals surface area contributed by atoms with Gasteiger partial charge < -0.3 is 9.42 Å². The first kappa shape index (κ1) is 17.3. The lowest BCUT2D eigenvalue weighted by Crippen LogP contribution is -2.35. The van der Waals surface area contributed by atoms with Crippen LogP contribution in [0.4, 0.5) is 5.69 Å². The normalized spacial score (nSPS) is 19.9. The Bertz CT molecular complexity index is 1160. The second-order valence-electron chi connectivity index (χ2n) is 6.87. The van der Waals surface area contributed by atoms with Gasteiger partial charge in [0.05, 0.1) is 36.0 Å². The van der Waals surface area contributed by atoms with E-state index in [1.165, 1.54) is 0 Å². The van der Waals surface area contributed by atoms with Gasteiger partial charge >= 0.3 is 0 Å². The Labute approximate surface area is 168 Å². The average Bonchev–Trinajstić information content (AvgIpc) is 3.38. The highest BCUT2D eigenvalue weighted by Crippen LogP contribution is 2.37. The number of pyridine rings is 1. The molecule has 2 aliphatic heterocycles. The topological polar surface area (TPSA) is 79.8 Å². The number of hydrogen-bond acceptors (Lipinski definition) is 7. The number of aliphatic imine (C=N–C) groups is 2. The molecule has 0 aliphatic carbocycles. The van der Waals surface area contributed by atoms with Gasteiger partial charge in [-0.3, -0.25) is 15.0 Å². The van der Waals surface area contributed by atoms with E-state index in [4.69, 9.17) is 15.9 Å². The van der Waals surface area contributed by atoms with E-state index >= 15 is 0 Å². The van der Waals surface area contributed by atoms with Crippen LogP contribution in [-0.4, -0.2) is 39.8 Å². The quantitative estimate of drug-likeness (QED) is 0.651. The first-order valence-electron chi connectivity index (χ1n) is 9.49. The summed E-state index contributed by atoms with van der Waals surface area (Å²) in [6.07, 6.45) is 9.97. The lowest BCUT2D eigenvalue weighted by Gasteiger charge is -2.25. The predicted molar refractivity (Wildman–Crippen MR) is 110 cm³/mol. The largest absolute Gasteiger partial charge is 0.337 e. The molecule has 2 atom stereocenters. The fraction of sp³-hybridized carbons (Fsp3) is 0.227. The maximum absolute atomic E-state index is 5.65. The molecule has 7 heteroatoms. The SMILES string of the molecule is C#Cc1ccc2c(c1)C(c1ccccn1)=NCC1C(c3nc(CC)no3)N=CN21. The van der Waals surface area contributed by atoms with Crippen molar-refractivity contribution in [2.75, 3.05) is 11.4 Å². The molecule has 0 fully saturated rings. The van der Waals surface area contributed by atoms with Crippen molar-refractivity contribution >= 4 is 17.7 Å². The summed E-state index contributed by atoms with van der Waals surface area (Å²) in [5, 5.41) is 4.02. The number of hydrogen-bond donors (Lipinski definition) is 0. The van der Waals surface area contributed by atoms with Crippen LogP contribution < -0.4 is 4.90 Å². The number of aromatic nitrogens is 3. The van der Waals surface area contributed by atoms with Crippen molar-refractivity contribution in [3.63, 3.8) is 0 Å². The standard InChI is InChI=1S/C22H18N6O/c1-3-14-8-9-17-15(11-14)20(16-7-5-6-10-23-16)24-12-18-21(25-13-28(17)18)22-26-19(4-2)27-29-22/h1,5-11,13,18,21H,4,12H2,2H3. The van der Waals surface area contributed by atoms with E-state index in [1.54, 1.807) is 6.20 Å². The number of benzene rings is 1. The number of rotatable bonds is 3. The summed E-state index contributed by atoms with van der Waals surface area (Å²) in [5.74, 6) is 3.91. The zero-order valence-corrected chi connectivity index (χ0v) is 15.9. The third kappa shape index (κ3) is 2.90. The van der Waals surface area contributed by atoms with Gasteiger partial charge in [0.1, 0.15) is 0 Å². The van der Waals surface area contributed by atoms with E-state index in [-0.39, 0.29) is 12.1 Å². The molecular weight excluding hydrogens is 364 g/mol. The molecule has 7 nitrogen and oxygen atoms in total. The Morgan fingerprint density at radius 3 is 2.97 bits per heavy atom. The van der Waals surface area contributed by atoms with Gasteiger partial charge in [-0.1, -0.05) is 24.1 Å². The molecule has 0 radical (unpaired) electrons. The minimum absolute atomic E-state index is 0.0585. The maximum Gasteiger partial charge on any atom is 0.253 e. The molecule has 0 amide bonds. The Morgan fingerprint density at radius 2 is 2.21 bits per heavy atom. The zero-order chi connectivity index (χ0) is 19.8. The molecule has 142 valence electrons. The minimum atomic E-state index is -0.269. The summed E-state index contributed by atoms with van der Waals surface area (Å²) >= 11 is 0. The molecule has 3 aromatic rings. The number of fused-ring (bicyclic) bond motifs is 3. The van der Waals surface area contributed by atoms with Crippen LogP contribution in [0.5, 0.6) is 0 Å². The number of aryl methyl sites for hydroxylation is 1. The van der Waals surface area contributed by atoms with E-state index in [0.717, 1.165) is 28.2 Å². The van der Waals surface area contributed by atoms with Gasteiger partial charge in [-0.15, -0.1) is 6.42 Å². The van der Waals surface area contributed by atoms with E-state index < -0.39 is 0 Å². The molecule has 4 heterocycles. The van der Waals surface area contributed by atoms with Crippen LogP contribution in [0.25, 0.3) is 0 Å². The first-order chi connectivity index (χ1) is 14.3. The van der Waals surface area contributed by atoms with Gasteiger partial charge in [0, 0.05) is 23.7 Å². The highest BCUT2D eigenvalue weighted by molar-refractivity contribution is 6.16. The minimum Gasteiger partial charge on any atom is -0.337 e. The highest BCUT2D eigenvalue weighted by atomic mass is 16.5. The molecule has 5 rings (SSSR count). The fourth-order valence-corrected chi connectivity index (χ4v) is 3.70. The molecule has 0 saturated heterocycles. The summed E-state index contributed by atoms with van der Waals surface area (Å²) in [4.78, 5) is 20.7. The summed E-state index contributed by atoms with van der Waals surface area (Å²) in [7, 11) is 0. The molecule has 2 aromatic heterocycles. The summed E-state index contributed by atoms with van der Waals surface area (Å²) in [5.41, 5.74) is 4.34. The molecular formula is C22H18N6O. The molecule has 29 heavy (non-hydrogen) atoms. The van der Waals surface area contributed by atoms with Gasteiger partial charge in [-0.05, 0) is 30.3 Å². The Morgan fingerprint density at radius 1 is 1.28 bits per heavy atom. The summed E-state index contributed by atoms with van der Waals surface area (Å²) in [6.45, 7) is 2.51. The molecule has 1 aromatic carbocycles. The van der Waals surface area contributed by atoms with E-state index in [1.807, 2.05) is 49.7 Å². The fourth-order valence-electron chi connectivity index (χ4n) is 3.70. The van der Waals surface area contributed by atoms with Gasteiger partial charge in [0.15, 0.2) is 11.9 Å². The molecule has 2 aliphatic rings. The smallest absolute Gasteiger partial charge is 0.253 e. The first-order valence-corrected chi connectivity index (χ1v) is 9.49. The van der Waals surface area contributed by atoms with Crippen LogP contribution in [0, 0.1) is 12.3 Å². The van der Waals surface area contributed by atoms with E-state index in [2.05, 4.69) is 30.9 Å². The van der Waals surface area contributed by atoms with Gasteiger partial charge in [0.25, 0.3) is 5.89 Å². The average molecular weight is 382 g/mol. The molecule has 2 unspecified atom stereocenters. The third-order valence-corrected chi connectivity index (χ3v) is 5.17. The van der Waals surface area contributed by atoms with Crippen LogP contribution in [-0.2, 0) is 6.42 Å². The van der Waals surface area contributed by atoms with Crippen LogP contribution in [0.3, 0.4) is 0 Å². The number of terminal acetylenes is 1. The molecule has 0 saturated carbocycles. The highest BCUT2D eigenvalue weighted by Gasteiger charge is 2.39. The van der Waals surface area contributed by atoms with Crippen molar-refractivity contribution in [3.05, 3.63) is 71.1 Å². The lowest BCUT2D eigenvalue weighted by molar-refractivity contribution is 0.341. The number of nitrogens with zero attached hydrogens (tertiary/aromatic N) is 6. The third-order valence-electron chi connectivity index (χ3n) is 5.17. The van der Waals surface area contributed by atoms with Crippen molar-refractivity contribution < 1.29 is 4.52 Å². The van der Waals surface area contributed by atoms with Crippen LogP contribution in [0.1, 0.15) is 41.5 Å². The lowest BCUT2D eigenvalue weighted by atomic mass is 10.0. The summed E-state index contributed by atoms with van der Waals surface area (Å²) < 4.78 is 5.48. The van der Waals surface area contributed by atoms with Crippen LogP contribution >= 0.6 is 0 Å². The molecule has 0 bridgehead atoms. The predicted octanol–water partition coefficient (Wildman–Crippen LogP) is 2.82. The molecule has 0 spiro atoms. The Balaban J connectivity index is 1.62. The van der Waals surface area contributed by atoms with Crippen molar-refractivity contribution in [2.45, 2.75) is 25.4 Å².